The van der Waals surface area contributed by atoms with Crippen molar-refractivity contribution in [3.8, 4) is 0 Å². The van der Waals surface area contributed by atoms with Crippen LogP contribution in [0.3, 0.4) is 0 Å². The van der Waals surface area contributed by atoms with Crippen LogP contribution in [-0.4, -0.2) is 6.04 Å². The Morgan fingerprint density at radius 1 is 1.18 bits per heavy atom. The van der Waals surface area contributed by atoms with Gasteiger partial charge in [0, 0.05) is 11.5 Å². The van der Waals surface area contributed by atoms with Crippen molar-refractivity contribution in [2.24, 2.45) is 11.7 Å². The minimum absolute atomic E-state index is 0.222. The molecule has 2 aliphatic carbocycles. The summed E-state index contributed by atoms with van der Waals surface area (Å²) in [4.78, 5) is 0. The van der Waals surface area contributed by atoms with Gasteiger partial charge in [-0.25, -0.2) is 0 Å². The molecular formula is C16H23N. The van der Waals surface area contributed by atoms with E-state index >= 15 is 0 Å². The van der Waals surface area contributed by atoms with Crippen LogP contribution in [0.25, 0.3) is 0 Å². The smallest absolute Gasteiger partial charge is 0.0165 e. The molecule has 0 amide bonds. The second-order valence-corrected chi connectivity index (χ2v) is 6.16. The second-order valence-electron chi connectivity index (χ2n) is 6.16. The number of fused-ring (bicyclic) bond motifs is 4. The van der Waals surface area contributed by atoms with E-state index in [9.17, 15) is 0 Å². The van der Waals surface area contributed by atoms with Crippen molar-refractivity contribution in [2.75, 3.05) is 0 Å². The molecule has 0 radical (unpaired) electrons. The van der Waals surface area contributed by atoms with Crippen LogP contribution in [0.2, 0.25) is 0 Å². The maximum absolute atomic E-state index is 6.60. The zero-order valence-corrected chi connectivity index (χ0v) is 10.8. The fourth-order valence-electron chi connectivity index (χ4n) is 4.02. The Hall–Kier alpha value is -0.820. The molecule has 2 bridgehead atoms. The molecule has 17 heavy (non-hydrogen) atoms. The van der Waals surface area contributed by atoms with Gasteiger partial charge >= 0.3 is 0 Å². The fourth-order valence-corrected chi connectivity index (χ4v) is 4.02. The Morgan fingerprint density at radius 3 is 2.88 bits per heavy atom. The van der Waals surface area contributed by atoms with Gasteiger partial charge in [0.25, 0.3) is 0 Å². The summed E-state index contributed by atoms with van der Waals surface area (Å²) in [5, 5.41) is 0. The molecule has 1 saturated carbocycles. The maximum Gasteiger partial charge on any atom is 0.0165 e. The molecule has 2 N–H and O–H groups in total. The number of benzene rings is 1. The van der Waals surface area contributed by atoms with E-state index in [0.29, 0.717) is 12.0 Å². The third-order valence-electron chi connectivity index (χ3n) is 5.13. The molecule has 92 valence electrons. The average molecular weight is 229 g/mol. The van der Waals surface area contributed by atoms with Crippen LogP contribution in [0.1, 0.15) is 50.2 Å². The predicted molar refractivity (Wildman–Crippen MR) is 72.0 cm³/mol. The number of hydrogen-bond acceptors (Lipinski definition) is 1. The molecule has 3 rings (SSSR count). The summed E-state index contributed by atoms with van der Waals surface area (Å²) >= 11 is 0. The van der Waals surface area contributed by atoms with Crippen molar-refractivity contribution in [1.29, 1.82) is 0 Å². The zero-order chi connectivity index (χ0) is 11.9. The van der Waals surface area contributed by atoms with Gasteiger partial charge in [0.15, 0.2) is 0 Å². The molecule has 3 atom stereocenters. The summed E-state index contributed by atoms with van der Waals surface area (Å²) in [5.74, 6) is 0.704. The van der Waals surface area contributed by atoms with Crippen LogP contribution >= 0.6 is 0 Å². The van der Waals surface area contributed by atoms with Crippen LogP contribution < -0.4 is 5.73 Å². The van der Waals surface area contributed by atoms with E-state index in [0.717, 1.165) is 0 Å². The quantitative estimate of drug-likeness (QED) is 0.725. The lowest BCUT2D eigenvalue weighted by molar-refractivity contribution is 0.202. The summed E-state index contributed by atoms with van der Waals surface area (Å²) in [6.07, 6.45) is 7.89. The minimum Gasteiger partial charge on any atom is -0.327 e. The Bertz CT molecular complexity index is 412. The van der Waals surface area contributed by atoms with Gasteiger partial charge in [0.2, 0.25) is 0 Å². The van der Waals surface area contributed by atoms with E-state index in [4.69, 9.17) is 5.73 Å². The molecular weight excluding hydrogens is 206 g/mol. The van der Waals surface area contributed by atoms with E-state index in [2.05, 4.69) is 31.2 Å². The molecule has 0 aliphatic heterocycles. The highest BCUT2D eigenvalue weighted by Gasteiger charge is 2.43. The maximum atomic E-state index is 6.60. The molecule has 1 heteroatoms. The summed E-state index contributed by atoms with van der Waals surface area (Å²) < 4.78 is 0. The topological polar surface area (TPSA) is 26.0 Å². The first-order chi connectivity index (χ1) is 8.22. The average Bonchev–Trinajstić information content (AvgIpc) is 2.35. The molecule has 0 aromatic heterocycles. The summed E-state index contributed by atoms with van der Waals surface area (Å²) in [5.41, 5.74) is 9.92. The molecule has 1 nitrogen and oxygen atoms in total. The lowest BCUT2D eigenvalue weighted by Gasteiger charge is -2.47. The number of rotatable bonds is 0. The third kappa shape index (κ3) is 1.72. The third-order valence-corrected chi connectivity index (χ3v) is 5.13. The molecule has 1 fully saturated rings. The first-order valence-corrected chi connectivity index (χ1v) is 7.06. The SMILES string of the molecule is C[C@@]12CCCCCC(Cc3ccccc31)C2N. The second kappa shape index (κ2) is 4.13. The summed E-state index contributed by atoms with van der Waals surface area (Å²) in [6.45, 7) is 2.40. The van der Waals surface area contributed by atoms with Crippen LogP contribution in [-0.2, 0) is 11.8 Å². The van der Waals surface area contributed by atoms with Gasteiger partial charge in [-0.3, -0.25) is 0 Å². The summed E-state index contributed by atoms with van der Waals surface area (Å²) in [6, 6.07) is 9.34. The van der Waals surface area contributed by atoms with Crippen molar-refractivity contribution >= 4 is 0 Å². The van der Waals surface area contributed by atoms with Gasteiger partial charge in [-0.1, -0.05) is 50.5 Å². The highest BCUT2D eigenvalue weighted by atomic mass is 14.7. The standard InChI is InChI=1S/C16H23N/c1-16-10-6-2-3-8-13(15(16)17)11-12-7-4-5-9-14(12)16/h4-5,7,9,13,15H,2-3,6,8,10-11,17H2,1H3/t13?,15?,16-/m1/s1. The Kier molecular flexibility index (Phi) is 2.74. The molecule has 2 unspecified atom stereocenters. The largest absolute Gasteiger partial charge is 0.327 e. The van der Waals surface area contributed by atoms with Crippen molar-refractivity contribution in [1.82, 2.24) is 0 Å². The van der Waals surface area contributed by atoms with Crippen LogP contribution in [0.4, 0.5) is 0 Å². The van der Waals surface area contributed by atoms with Crippen LogP contribution in [0, 0.1) is 5.92 Å². The van der Waals surface area contributed by atoms with Crippen molar-refractivity contribution in [3.63, 3.8) is 0 Å². The Balaban J connectivity index is 2.09. The van der Waals surface area contributed by atoms with E-state index < -0.39 is 0 Å². The lowest BCUT2D eigenvalue weighted by atomic mass is 9.60. The van der Waals surface area contributed by atoms with Crippen LogP contribution in [0.15, 0.2) is 24.3 Å². The molecule has 1 aromatic carbocycles. The van der Waals surface area contributed by atoms with E-state index in [-0.39, 0.29) is 5.41 Å². The van der Waals surface area contributed by atoms with Crippen molar-refractivity contribution in [3.05, 3.63) is 35.4 Å². The number of nitrogens with two attached hydrogens (primary N) is 1. The van der Waals surface area contributed by atoms with E-state index in [1.54, 1.807) is 5.56 Å². The summed E-state index contributed by atoms with van der Waals surface area (Å²) in [7, 11) is 0. The van der Waals surface area contributed by atoms with Crippen LogP contribution in [0.5, 0.6) is 0 Å². The number of hydrogen-bond donors (Lipinski definition) is 1. The van der Waals surface area contributed by atoms with E-state index in [1.807, 2.05) is 0 Å². The van der Waals surface area contributed by atoms with Gasteiger partial charge in [-0.05, 0) is 36.3 Å². The van der Waals surface area contributed by atoms with Gasteiger partial charge in [0.05, 0.1) is 0 Å². The van der Waals surface area contributed by atoms with Gasteiger partial charge < -0.3 is 5.73 Å². The Labute approximate surface area is 104 Å². The highest BCUT2D eigenvalue weighted by Crippen LogP contribution is 2.45. The molecule has 1 aromatic rings. The molecule has 0 saturated heterocycles. The molecule has 2 aliphatic rings. The van der Waals surface area contributed by atoms with Crippen molar-refractivity contribution in [2.45, 2.75) is 56.9 Å². The van der Waals surface area contributed by atoms with E-state index in [1.165, 1.54) is 44.1 Å². The van der Waals surface area contributed by atoms with Gasteiger partial charge in [-0.2, -0.15) is 0 Å². The fraction of sp³-hybridized carbons (Fsp3) is 0.625. The first-order valence-electron chi connectivity index (χ1n) is 7.06. The Morgan fingerprint density at radius 2 is 2.00 bits per heavy atom. The monoisotopic (exact) mass is 229 g/mol. The first kappa shape index (κ1) is 11.3. The zero-order valence-electron chi connectivity index (χ0n) is 10.8. The minimum atomic E-state index is 0.222. The highest BCUT2D eigenvalue weighted by molar-refractivity contribution is 5.39. The van der Waals surface area contributed by atoms with Gasteiger partial charge in [-0.15, -0.1) is 0 Å². The van der Waals surface area contributed by atoms with Gasteiger partial charge in [0.1, 0.15) is 0 Å². The molecule has 0 heterocycles. The van der Waals surface area contributed by atoms with Crippen molar-refractivity contribution < 1.29 is 0 Å². The lowest BCUT2D eigenvalue weighted by Crippen LogP contribution is -2.52. The normalized spacial score (nSPS) is 36.8. The predicted octanol–water partition coefficient (Wildman–Crippen LogP) is 3.41. The molecule has 0 spiro atoms.